The molecule has 1 unspecified atom stereocenters. The van der Waals surface area contributed by atoms with E-state index in [1.165, 1.54) is 4.57 Å². The van der Waals surface area contributed by atoms with E-state index >= 15 is 0 Å². The minimum absolute atomic E-state index is 0.0468. The van der Waals surface area contributed by atoms with Crippen LogP contribution in [-0.4, -0.2) is 41.1 Å². The summed E-state index contributed by atoms with van der Waals surface area (Å²) in [6.07, 6.45) is 1.79. The van der Waals surface area contributed by atoms with Gasteiger partial charge in [-0.2, -0.15) is 0 Å². The van der Waals surface area contributed by atoms with E-state index in [4.69, 9.17) is 5.73 Å². The van der Waals surface area contributed by atoms with Gasteiger partial charge in [-0.05, 0) is 27.4 Å². The highest BCUT2D eigenvalue weighted by Crippen LogP contribution is 2.12. The van der Waals surface area contributed by atoms with Gasteiger partial charge in [0.15, 0.2) is 0 Å². The monoisotopic (exact) mass is 283 g/mol. The van der Waals surface area contributed by atoms with E-state index in [-0.39, 0.29) is 17.5 Å². The van der Waals surface area contributed by atoms with Crippen molar-refractivity contribution in [3.63, 3.8) is 0 Å². The van der Waals surface area contributed by atoms with Gasteiger partial charge < -0.3 is 16.0 Å². The number of H-pyrrole nitrogens is 1. The zero-order valence-electron chi connectivity index (χ0n) is 12.7. The lowest BCUT2D eigenvalue weighted by Crippen LogP contribution is -2.37. The number of unbranched alkanes of at least 4 members (excludes halogenated alkanes) is 1. The van der Waals surface area contributed by atoms with E-state index in [1.54, 1.807) is 0 Å². The number of likely N-dealkylation sites (N-methyl/N-ethyl adjacent to an activating group) is 1. The van der Waals surface area contributed by atoms with E-state index in [2.05, 4.69) is 10.3 Å². The molecule has 114 valence electrons. The molecule has 1 heterocycles. The average Bonchev–Trinajstić information content (AvgIpc) is 2.33. The lowest BCUT2D eigenvalue weighted by Gasteiger charge is -2.20. The Morgan fingerprint density at radius 1 is 1.40 bits per heavy atom. The Bertz CT molecular complexity index is 547. The van der Waals surface area contributed by atoms with E-state index < -0.39 is 11.2 Å². The largest absolute Gasteiger partial charge is 0.383 e. The molecule has 1 aromatic rings. The maximum atomic E-state index is 11.9. The number of nitrogens with one attached hydrogen (secondary N) is 2. The Hall–Kier alpha value is -1.76. The summed E-state index contributed by atoms with van der Waals surface area (Å²) in [6.45, 7) is 5.26. The minimum Gasteiger partial charge on any atom is -0.383 e. The number of hydrogen-bond acceptors (Lipinski definition) is 5. The fourth-order valence-corrected chi connectivity index (χ4v) is 2.11. The molecule has 0 aromatic carbocycles. The Labute approximate surface area is 118 Å². The average molecular weight is 283 g/mol. The molecule has 4 N–H and O–H groups in total. The molecule has 7 nitrogen and oxygen atoms in total. The highest BCUT2D eigenvalue weighted by Gasteiger charge is 2.14. The van der Waals surface area contributed by atoms with Gasteiger partial charge >= 0.3 is 5.69 Å². The predicted octanol–water partition coefficient (Wildman–Crippen LogP) is 0.281. The van der Waals surface area contributed by atoms with Crippen molar-refractivity contribution in [1.29, 1.82) is 0 Å². The van der Waals surface area contributed by atoms with Crippen LogP contribution in [0.5, 0.6) is 0 Å². The highest BCUT2D eigenvalue weighted by atomic mass is 16.2. The SMILES string of the molecule is CCCCn1c(N)c(NC(C)CN(C)C)c(=O)[nH]c1=O. The van der Waals surface area contributed by atoms with Crippen molar-refractivity contribution < 1.29 is 0 Å². The molecule has 1 rings (SSSR count). The third-order valence-electron chi connectivity index (χ3n) is 3.00. The topological polar surface area (TPSA) is 96.2 Å². The van der Waals surface area contributed by atoms with Crippen molar-refractivity contribution in [1.82, 2.24) is 14.5 Å². The van der Waals surface area contributed by atoms with E-state index in [1.807, 2.05) is 32.8 Å². The first kappa shape index (κ1) is 16.3. The summed E-state index contributed by atoms with van der Waals surface area (Å²) in [6, 6.07) is 0.0468. The summed E-state index contributed by atoms with van der Waals surface area (Å²) >= 11 is 0. The van der Waals surface area contributed by atoms with Crippen LogP contribution in [0.4, 0.5) is 11.5 Å². The number of rotatable bonds is 7. The number of nitrogen functional groups attached to an aromatic ring is 1. The number of anilines is 2. The Morgan fingerprint density at radius 3 is 2.60 bits per heavy atom. The summed E-state index contributed by atoms with van der Waals surface area (Å²) in [5, 5.41) is 3.08. The van der Waals surface area contributed by atoms with Gasteiger partial charge in [-0.25, -0.2) is 4.79 Å². The van der Waals surface area contributed by atoms with Crippen LogP contribution in [0.1, 0.15) is 26.7 Å². The summed E-state index contributed by atoms with van der Waals surface area (Å²) in [7, 11) is 3.90. The van der Waals surface area contributed by atoms with Crippen LogP contribution in [0.15, 0.2) is 9.59 Å². The fourth-order valence-electron chi connectivity index (χ4n) is 2.11. The van der Waals surface area contributed by atoms with Crippen LogP contribution < -0.4 is 22.3 Å². The summed E-state index contributed by atoms with van der Waals surface area (Å²) in [5.41, 5.74) is 5.33. The Kier molecular flexibility index (Phi) is 5.82. The molecule has 0 saturated heterocycles. The molecule has 1 aromatic heterocycles. The molecule has 1 atom stereocenters. The molecular weight excluding hydrogens is 258 g/mol. The first-order valence-corrected chi connectivity index (χ1v) is 6.90. The normalized spacial score (nSPS) is 12.7. The van der Waals surface area contributed by atoms with Crippen molar-refractivity contribution >= 4 is 11.5 Å². The quantitative estimate of drug-likeness (QED) is 0.668. The van der Waals surface area contributed by atoms with Gasteiger partial charge in [0.05, 0.1) is 0 Å². The van der Waals surface area contributed by atoms with E-state index in [9.17, 15) is 9.59 Å². The molecule has 0 saturated carbocycles. The number of nitrogens with zero attached hydrogens (tertiary/aromatic N) is 2. The molecule has 0 fully saturated rings. The number of aromatic amines is 1. The van der Waals surface area contributed by atoms with Crippen LogP contribution in [-0.2, 0) is 6.54 Å². The van der Waals surface area contributed by atoms with E-state index in [0.29, 0.717) is 6.54 Å². The lowest BCUT2D eigenvalue weighted by molar-refractivity contribution is 0.392. The van der Waals surface area contributed by atoms with Crippen molar-refractivity contribution in [3.8, 4) is 0 Å². The van der Waals surface area contributed by atoms with Gasteiger partial charge in [0.1, 0.15) is 11.5 Å². The number of aromatic nitrogens is 2. The second kappa shape index (κ2) is 7.14. The first-order valence-electron chi connectivity index (χ1n) is 6.90. The lowest BCUT2D eigenvalue weighted by atomic mass is 10.3. The smallest absolute Gasteiger partial charge is 0.330 e. The Balaban J connectivity index is 3.07. The van der Waals surface area contributed by atoms with Crippen molar-refractivity contribution in [2.24, 2.45) is 0 Å². The van der Waals surface area contributed by atoms with Crippen LogP contribution in [0.2, 0.25) is 0 Å². The zero-order chi connectivity index (χ0) is 15.3. The summed E-state index contributed by atoms with van der Waals surface area (Å²) in [4.78, 5) is 28.0. The molecule has 0 bridgehead atoms. The molecular formula is C13H25N5O2. The second-order valence-electron chi connectivity index (χ2n) is 5.33. The molecule has 0 aliphatic heterocycles. The van der Waals surface area contributed by atoms with Gasteiger partial charge in [-0.3, -0.25) is 14.3 Å². The van der Waals surface area contributed by atoms with Gasteiger partial charge in [0, 0.05) is 19.1 Å². The molecule has 0 aliphatic rings. The van der Waals surface area contributed by atoms with Crippen LogP contribution >= 0.6 is 0 Å². The Morgan fingerprint density at radius 2 is 2.05 bits per heavy atom. The summed E-state index contributed by atoms with van der Waals surface area (Å²) in [5.74, 6) is 0.206. The molecule has 0 amide bonds. The molecule has 0 aliphatic carbocycles. The van der Waals surface area contributed by atoms with Gasteiger partial charge in [0.2, 0.25) is 0 Å². The maximum absolute atomic E-state index is 11.9. The van der Waals surface area contributed by atoms with Gasteiger partial charge in [-0.15, -0.1) is 0 Å². The first-order chi connectivity index (χ1) is 9.36. The van der Waals surface area contributed by atoms with Crippen LogP contribution in [0.3, 0.4) is 0 Å². The molecule has 0 radical (unpaired) electrons. The molecule has 20 heavy (non-hydrogen) atoms. The van der Waals surface area contributed by atoms with Crippen LogP contribution in [0.25, 0.3) is 0 Å². The number of nitrogens with two attached hydrogens (primary N) is 1. The third kappa shape index (κ3) is 4.12. The van der Waals surface area contributed by atoms with E-state index in [0.717, 1.165) is 19.4 Å². The maximum Gasteiger partial charge on any atom is 0.330 e. The third-order valence-corrected chi connectivity index (χ3v) is 3.00. The second-order valence-corrected chi connectivity index (χ2v) is 5.33. The minimum atomic E-state index is -0.467. The van der Waals surface area contributed by atoms with Gasteiger partial charge in [-0.1, -0.05) is 13.3 Å². The molecule has 0 spiro atoms. The van der Waals surface area contributed by atoms with Crippen molar-refractivity contribution in [2.45, 2.75) is 39.3 Å². The zero-order valence-corrected chi connectivity index (χ0v) is 12.7. The summed E-state index contributed by atoms with van der Waals surface area (Å²) < 4.78 is 1.41. The van der Waals surface area contributed by atoms with Gasteiger partial charge in [0.25, 0.3) is 5.56 Å². The molecule has 7 heteroatoms. The number of hydrogen-bond donors (Lipinski definition) is 3. The van der Waals surface area contributed by atoms with Crippen molar-refractivity contribution in [2.75, 3.05) is 31.7 Å². The fraction of sp³-hybridized carbons (Fsp3) is 0.692. The highest BCUT2D eigenvalue weighted by molar-refractivity contribution is 5.60. The predicted molar refractivity (Wildman–Crippen MR) is 82.3 cm³/mol. The standard InChI is InChI=1S/C13H25N5O2/c1-5-6-7-18-11(14)10(12(19)16-13(18)20)15-9(2)8-17(3)4/h9,15H,5-8,14H2,1-4H3,(H,16,19,20). The van der Waals surface area contributed by atoms with Crippen LogP contribution in [0, 0.1) is 0 Å². The van der Waals surface area contributed by atoms with Crippen molar-refractivity contribution in [3.05, 3.63) is 20.8 Å².